The molecule has 2 heterocycles. The fraction of sp³-hybridized carbons (Fsp3) is 0.211. The Hall–Kier alpha value is -2.37. The number of aryl methyl sites for hydroxylation is 1. The molecule has 0 saturated heterocycles. The molecule has 0 amide bonds. The molecule has 0 aliphatic rings. The molecule has 0 aliphatic carbocycles. The van der Waals surface area contributed by atoms with Crippen LogP contribution in [0.15, 0.2) is 47.4 Å². The van der Waals surface area contributed by atoms with Gasteiger partial charge in [-0.1, -0.05) is 53.5 Å². The van der Waals surface area contributed by atoms with E-state index in [-0.39, 0.29) is 22.4 Å². The standard InChI is InChI=1S/C19H17Cl2N3O2/c1-12-8-15(13(2)23(12)10-14-6-4-3-5-7-14)17(25)11-24-19(26)18(21)16(20)9-22-24/h3-9H,10-11H2,1-2H3. The van der Waals surface area contributed by atoms with Gasteiger partial charge in [-0.2, -0.15) is 5.10 Å². The SMILES string of the molecule is Cc1cc(C(=O)Cn2ncc(Cl)c(Cl)c2=O)c(C)n1Cc1ccccc1. The molecule has 0 bridgehead atoms. The van der Waals surface area contributed by atoms with E-state index >= 15 is 0 Å². The first-order valence-electron chi connectivity index (χ1n) is 8.03. The van der Waals surface area contributed by atoms with E-state index in [4.69, 9.17) is 23.2 Å². The minimum Gasteiger partial charge on any atom is -0.344 e. The van der Waals surface area contributed by atoms with Crippen LogP contribution in [-0.4, -0.2) is 20.1 Å². The lowest BCUT2D eigenvalue weighted by atomic mass is 10.1. The lowest BCUT2D eigenvalue weighted by molar-refractivity contribution is 0.0965. The second kappa shape index (κ2) is 7.48. The van der Waals surface area contributed by atoms with Crippen LogP contribution in [0.2, 0.25) is 10.0 Å². The van der Waals surface area contributed by atoms with E-state index in [2.05, 4.69) is 9.67 Å². The zero-order valence-electron chi connectivity index (χ0n) is 14.4. The molecule has 26 heavy (non-hydrogen) atoms. The summed E-state index contributed by atoms with van der Waals surface area (Å²) in [7, 11) is 0. The predicted molar refractivity (Wildman–Crippen MR) is 102 cm³/mol. The number of carbonyl (C=O) groups is 1. The van der Waals surface area contributed by atoms with Crippen molar-refractivity contribution in [2.75, 3.05) is 0 Å². The van der Waals surface area contributed by atoms with Gasteiger partial charge in [0.2, 0.25) is 0 Å². The zero-order chi connectivity index (χ0) is 18.8. The summed E-state index contributed by atoms with van der Waals surface area (Å²) in [6.45, 7) is 4.34. The molecule has 2 aromatic heterocycles. The molecule has 0 fully saturated rings. The van der Waals surface area contributed by atoms with Gasteiger partial charge >= 0.3 is 0 Å². The summed E-state index contributed by atoms with van der Waals surface area (Å²) in [6, 6.07) is 11.9. The Kier molecular flexibility index (Phi) is 5.30. The van der Waals surface area contributed by atoms with Gasteiger partial charge in [0.25, 0.3) is 5.56 Å². The van der Waals surface area contributed by atoms with Crippen LogP contribution in [0.1, 0.15) is 27.3 Å². The number of hydrogen-bond donors (Lipinski definition) is 0. The van der Waals surface area contributed by atoms with Crippen LogP contribution < -0.4 is 5.56 Å². The first-order valence-corrected chi connectivity index (χ1v) is 8.79. The zero-order valence-corrected chi connectivity index (χ0v) is 15.9. The number of halogens is 2. The quantitative estimate of drug-likeness (QED) is 0.621. The lowest BCUT2D eigenvalue weighted by Gasteiger charge is -2.10. The van der Waals surface area contributed by atoms with Crippen molar-refractivity contribution in [3.8, 4) is 0 Å². The van der Waals surface area contributed by atoms with Gasteiger partial charge in [-0.05, 0) is 25.5 Å². The van der Waals surface area contributed by atoms with Gasteiger partial charge in [-0.15, -0.1) is 0 Å². The van der Waals surface area contributed by atoms with Crippen molar-refractivity contribution in [2.24, 2.45) is 0 Å². The van der Waals surface area contributed by atoms with Gasteiger partial charge in [0, 0.05) is 23.5 Å². The minimum absolute atomic E-state index is 0.0707. The van der Waals surface area contributed by atoms with Crippen molar-refractivity contribution in [2.45, 2.75) is 26.9 Å². The number of hydrogen-bond acceptors (Lipinski definition) is 3. The van der Waals surface area contributed by atoms with Crippen molar-refractivity contribution in [1.82, 2.24) is 14.3 Å². The largest absolute Gasteiger partial charge is 0.344 e. The third-order valence-corrected chi connectivity index (χ3v) is 5.04. The summed E-state index contributed by atoms with van der Waals surface area (Å²) in [5.41, 5.74) is 2.97. The van der Waals surface area contributed by atoms with Crippen LogP contribution in [0.3, 0.4) is 0 Å². The number of carbonyl (C=O) groups excluding carboxylic acids is 1. The average molecular weight is 390 g/mol. The number of aromatic nitrogens is 3. The highest BCUT2D eigenvalue weighted by Crippen LogP contribution is 2.19. The van der Waals surface area contributed by atoms with E-state index < -0.39 is 5.56 Å². The van der Waals surface area contributed by atoms with Gasteiger partial charge in [-0.25, -0.2) is 4.68 Å². The number of nitrogens with zero attached hydrogens (tertiary/aromatic N) is 3. The van der Waals surface area contributed by atoms with E-state index in [9.17, 15) is 9.59 Å². The van der Waals surface area contributed by atoms with Gasteiger partial charge in [0.05, 0.1) is 11.2 Å². The molecule has 0 unspecified atom stereocenters. The Labute approximate surface area is 160 Å². The van der Waals surface area contributed by atoms with E-state index in [1.54, 1.807) is 0 Å². The van der Waals surface area contributed by atoms with Crippen LogP contribution >= 0.6 is 23.2 Å². The Morgan fingerprint density at radius 1 is 1.15 bits per heavy atom. The second-order valence-electron chi connectivity index (χ2n) is 6.05. The normalized spacial score (nSPS) is 10.9. The van der Waals surface area contributed by atoms with Crippen LogP contribution in [0.5, 0.6) is 0 Å². The summed E-state index contributed by atoms with van der Waals surface area (Å²) in [5.74, 6) is -0.203. The number of Topliss-reactive ketones (excluding diaryl/α,β-unsaturated/α-hetero) is 1. The molecule has 3 rings (SSSR count). The molecular formula is C19H17Cl2N3O2. The van der Waals surface area contributed by atoms with E-state index in [0.717, 1.165) is 21.6 Å². The Balaban J connectivity index is 1.88. The molecule has 1 aromatic carbocycles. The van der Waals surface area contributed by atoms with Gasteiger partial charge < -0.3 is 4.57 Å². The molecule has 5 nitrogen and oxygen atoms in total. The molecule has 3 aromatic rings. The number of benzene rings is 1. The highest BCUT2D eigenvalue weighted by molar-refractivity contribution is 6.41. The minimum atomic E-state index is -0.578. The molecule has 0 N–H and O–H groups in total. The van der Waals surface area contributed by atoms with Crippen molar-refractivity contribution >= 4 is 29.0 Å². The van der Waals surface area contributed by atoms with Gasteiger partial charge in [0.1, 0.15) is 11.6 Å². The van der Waals surface area contributed by atoms with Crippen LogP contribution in [0.4, 0.5) is 0 Å². The smallest absolute Gasteiger partial charge is 0.287 e. The van der Waals surface area contributed by atoms with E-state index in [1.165, 1.54) is 6.20 Å². The third-order valence-electron chi connectivity index (χ3n) is 4.29. The van der Waals surface area contributed by atoms with Crippen molar-refractivity contribution in [3.05, 3.63) is 85.5 Å². The fourth-order valence-corrected chi connectivity index (χ4v) is 3.14. The molecule has 0 atom stereocenters. The highest BCUT2D eigenvalue weighted by Gasteiger charge is 2.18. The summed E-state index contributed by atoms with van der Waals surface area (Å²) < 4.78 is 3.10. The summed E-state index contributed by atoms with van der Waals surface area (Å²) in [6.07, 6.45) is 1.26. The average Bonchev–Trinajstić information content (AvgIpc) is 2.91. The Morgan fingerprint density at radius 3 is 2.54 bits per heavy atom. The molecular weight excluding hydrogens is 373 g/mol. The van der Waals surface area contributed by atoms with Crippen LogP contribution in [-0.2, 0) is 13.1 Å². The van der Waals surface area contributed by atoms with Crippen molar-refractivity contribution in [1.29, 1.82) is 0 Å². The maximum atomic E-state index is 12.7. The predicted octanol–water partition coefficient (Wildman–Crippen LogP) is 3.90. The Morgan fingerprint density at radius 2 is 1.85 bits per heavy atom. The maximum absolute atomic E-state index is 12.7. The monoisotopic (exact) mass is 389 g/mol. The van der Waals surface area contributed by atoms with Gasteiger partial charge in [-0.3, -0.25) is 9.59 Å². The number of rotatable bonds is 5. The van der Waals surface area contributed by atoms with E-state index in [1.807, 2.05) is 50.2 Å². The van der Waals surface area contributed by atoms with Gasteiger partial charge in [0.15, 0.2) is 5.78 Å². The van der Waals surface area contributed by atoms with Crippen molar-refractivity contribution in [3.63, 3.8) is 0 Å². The molecule has 0 aliphatic heterocycles. The second-order valence-corrected chi connectivity index (χ2v) is 6.83. The molecule has 134 valence electrons. The first-order chi connectivity index (χ1) is 12.4. The molecule has 7 heteroatoms. The molecule has 0 radical (unpaired) electrons. The topological polar surface area (TPSA) is 56.9 Å². The van der Waals surface area contributed by atoms with Crippen LogP contribution in [0.25, 0.3) is 0 Å². The van der Waals surface area contributed by atoms with Crippen LogP contribution in [0, 0.1) is 13.8 Å². The lowest BCUT2D eigenvalue weighted by Crippen LogP contribution is -2.27. The summed E-state index contributed by atoms with van der Waals surface area (Å²) in [5, 5.41) is 3.83. The Bertz CT molecular complexity index is 1020. The first kappa shape index (κ1) is 18.4. The molecule has 0 saturated carbocycles. The fourth-order valence-electron chi connectivity index (χ4n) is 2.87. The van der Waals surface area contributed by atoms with E-state index in [0.29, 0.717) is 12.1 Å². The number of ketones is 1. The summed E-state index contributed by atoms with van der Waals surface area (Å²) >= 11 is 11.6. The van der Waals surface area contributed by atoms with Crippen molar-refractivity contribution < 1.29 is 4.79 Å². The highest BCUT2D eigenvalue weighted by atomic mass is 35.5. The third kappa shape index (κ3) is 3.59. The maximum Gasteiger partial charge on any atom is 0.287 e. The molecule has 0 spiro atoms. The summed E-state index contributed by atoms with van der Waals surface area (Å²) in [4.78, 5) is 24.8.